The average Bonchev–Trinajstić information content (AvgIpc) is 2.87. The lowest BCUT2D eigenvalue weighted by molar-refractivity contribution is 0.403. The van der Waals surface area contributed by atoms with E-state index in [1.807, 2.05) is 0 Å². The lowest BCUT2D eigenvalue weighted by atomic mass is 10.0. The highest BCUT2D eigenvalue weighted by molar-refractivity contribution is 5.19. The van der Waals surface area contributed by atoms with Crippen LogP contribution in [0.25, 0.3) is 0 Å². The molecular formula is C17H27N. The molecule has 0 spiro atoms. The van der Waals surface area contributed by atoms with Crippen LogP contribution in [-0.4, -0.2) is 6.04 Å². The van der Waals surface area contributed by atoms with E-state index in [0.717, 1.165) is 12.0 Å². The third-order valence-corrected chi connectivity index (χ3v) is 4.33. The summed E-state index contributed by atoms with van der Waals surface area (Å²) in [6, 6.07) is 12.2. The summed E-state index contributed by atoms with van der Waals surface area (Å²) in [5, 5.41) is 3.90. The topological polar surface area (TPSA) is 12.0 Å². The summed E-state index contributed by atoms with van der Waals surface area (Å²) in [7, 11) is 0. The standard InChI is InChI=1S/C17H27N/c1-3-8-17(15-9-6-5-7-10-15)18-16-12-11-14(4-2)13-16/h5-7,9-10,14,16-18H,3-4,8,11-13H2,1-2H3. The van der Waals surface area contributed by atoms with E-state index in [-0.39, 0.29) is 0 Å². The molecule has 0 aromatic heterocycles. The van der Waals surface area contributed by atoms with Gasteiger partial charge < -0.3 is 5.32 Å². The van der Waals surface area contributed by atoms with Crippen LogP contribution in [0.3, 0.4) is 0 Å². The molecule has 1 aliphatic rings. The van der Waals surface area contributed by atoms with Gasteiger partial charge in [0.1, 0.15) is 0 Å². The first-order valence-electron chi connectivity index (χ1n) is 7.64. The Morgan fingerprint density at radius 1 is 1.17 bits per heavy atom. The molecule has 0 radical (unpaired) electrons. The van der Waals surface area contributed by atoms with E-state index in [1.54, 1.807) is 0 Å². The van der Waals surface area contributed by atoms with Gasteiger partial charge in [-0.25, -0.2) is 0 Å². The Hall–Kier alpha value is -0.820. The number of hydrogen-bond donors (Lipinski definition) is 1. The second-order valence-electron chi connectivity index (χ2n) is 5.70. The molecule has 0 aliphatic heterocycles. The van der Waals surface area contributed by atoms with E-state index < -0.39 is 0 Å². The van der Waals surface area contributed by atoms with Crippen molar-refractivity contribution < 1.29 is 0 Å². The first-order valence-corrected chi connectivity index (χ1v) is 7.64. The Labute approximate surface area is 112 Å². The van der Waals surface area contributed by atoms with Crippen molar-refractivity contribution in [2.45, 2.75) is 64.5 Å². The number of rotatable bonds is 6. The predicted molar refractivity (Wildman–Crippen MR) is 78.6 cm³/mol. The molecule has 1 aliphatic carbocycles. The van der Waals surface area contributed by atoms with Gasteiger partial charge in [0.15, 0.2) is 0 Å². The summed E-state index contributed by atoms with van der Waals surface area (Å²) < 4.78 is 0. The van der Waals surface area contributed by atoms with Crippen molar-refractivity contribution in [3.8, 4) is 0 Å². The Kier molecular flexibility index (Phi) is 5.25. The van der Waals surface area contributed by atoms with E-state index >= 15 is 0 Å². The zero-order valence-corrected chi connectivity index (χ0v) is 11.9. The maximum absolute atomic E-state index is 3.90. The van der Waals surface area contributed by atoms with Crippen molar-refractivity contribution in [1.29, 1.82) is 0 Å². The SMILES string of the molecule is CCCC(NC1CCC(CC)C1)c1ccccc1. The highest BCUT2D eigenvalue weighted by Gasteiger charge is 2.25. The molecule has 1 saturated carbocycles. The first kappa shape index (κ1) is 13.6. The minimum Gasteiger partial charge on any atom is -0.307 e. The van der Waals surface area contributed by atoms with Crippen LogP contribution in [0.15, 0.2) is 30.3 Å². The molecule has 18 heavy (non-hydrogen) atoms. The molecule has 3 atom stereocenters. The third kappa shape index (κ3) is 3.58. The van der Waals surface area contributed by atoms with Gasteiger partial charge in [-0.2, -0.15) is 0 Å². The molecule has 1 heteroatoms. The minimum absolute atomic E-state index is 0.553. The fourth-order valence-corrected chi connectivity index (χ4v) is 3.20. The zero-order valence-electron chi connectivity index (χ0n) is 11.9. The van der Waals surface area contributed by atoms with E-state index in [2.05, 4.69) is 49.5 Å². The molecule has 1 nitrogen and oxygen atoms in total. The summed E-state index contributed by atoms with van der Waals surface area (Å²) in [6.07, 6.45) is 8.01. The van der Waals surface area contributed by atoms with Crippen LogP contribution >= 0.6 is 0 Å². The molecule has 2 rings (SSSR count). The van der Waals surface area contributed by atoms with Crippen molar-refractivity contribution in [3.63, 3.8) is 0 Å². The average molecular weight is 245 g/mol. The van der Waals surface area contributed by atoms with Gasteiger partial charge in [0.2, 0.25) is 0 Å². The fourth-order valence-electron chi connectivity index (χ4n) is 3.20. The summed E-state index contributed by atoms with van der Waals surface area (Å²) >= 11 is 0. The molecule has 100 valence electrons. The summed E-state index contributed by atoms with van der Waals surface area (Å²) in [4.78, 5) is 0. The van der Waals surface area contributed by atoms with Gasteiger partial charge in [0, 0.05) is 12.1 Å². The van der Waals surface area contributed by atoms with Crippen LogP contribution in [0, 0.1) is 5.92 Å². The number of hydrogen-bond acceptors (Lipinski definition) is 1. The van der Waals surface area contributed by atoms with Crippen LogP contribution < -0.4 is 5.32 Å². The van der Waals surface area contributed by atoms with Crippen LogP contribution in [0.5, 0.6) is 0 Å². The maximum Gasteiger partial charge on any atom is 0.0322 e. The molecule has 1 N–H and O–H groups in total. The highest BCUT2D eigenvalue weighted by atomic mass is 15.0. The smallest absolute Gasteiger partial charge is 0.0322 e. The second-order valence-corrected chi connectivity index (χ2v) is 5.70. The molecule has 0 heterocycles. The number of benzene rings is 1. The molecule has 0 saturated heterocycles. The van der Waals surface area contributed by atoms with Gasteiger partial charge in [-0.1, -0.05) is 57.0 Å². The van der Waals surface area contributed by atoms with Crippen LogP contribution in [-0.2, 0) is 0 Å². The maximum atomic E-state index is 3.90. The van der Waals surface area contributed by atoms with E-state index in [4.69, 9.17) is 0 Å². The predicted octanol–water partition coefficient (Wildman–Crippen LogP) is 4.70. The molecule has 0 amide bonds. The van der Waals surface area contributed by atoms with Crippen LogP contribution in [0.2, 0.25) is 0 Å². The molecule has 1 aromatic rings. The lowest BCUT2D eigenvalue weighted by Crippen LogP contribution is -2.31. The first-order chi connectivity index (χ1) is 8.83. The second kappa shape index (κ2) is 6.94. The minimum atomic E-state index is 0.553. The zero-order chi connectivity index (χ0) is 12.8. The van der Waals surface area contributed by atoms with Gasteiger partial charge >= 0.3 is 0 Å². The number of nitrogens with one attached hydrogen (secondary N) is 1. The molecular weight excluding hydrogens is 218 g/mol. The third-order valence-electron chi connectivity index (χ3n) is 4.33. The van der Waals surface area contributed by atoms with Gasteiger partial charge in [-0.05, 0) is 37.2 Å². The Morgan fingerprint density at radius 2 is 1.94 bits per heavy atom. The molecule has 1 aromatic carbocycles. The Bertz CT molecular complexity index is 333. The summed E-state index contributed by atoms with van der Waals surface area (Å²) in [5.74, 6) is 0.959. The molecule has 3 unspecified atom stereocenters. The van der Waals surface area contributed by atoms with E-state index in [1.165, 1.54) is 44.1 Å². The van der Waals surface area contributed by atoms with E-state index in [0.29, 0.717) is 6.04 Å². The van der Waals surface area contributed by atoms with E-state index in [9.17, 15) is 0 Å². The summed E-state index contributed by atoms with van der Waals surface area (Å²) in [5.41, 5.74) is 1.46. The van der Waals surface area contributed by atoms with Crippen molar-refractivity contribution in [2.24, 2.45) is 5.92 Å². The Balaban J connectivity index is 1.95. The molecule has 0 bridgehead atoms. The highest BCUT2D eigenvalue weighted by Crippen LogP contribution is 2.30. The monoisotopic (exact) mass is 245 g/mol. The van der Waals surface area contributed by atoms with Gasteiger partial charge in [-0.15, -0.1) is 0 Å². The van der Waals surface area contributed by atoms with Crippen molar-refractivity contribution in [3.05, 3.63) is 35.9 Å². The lowest BCUT2D eigenvalue weighted by Gasteiger charge is -2.23. The van der Waals surface area contributed by atoms with Gasteiger partial charge in [-0.3, -0.25) is 0 Å². The quantitative estimate of drug-likeness (QED) is 0.766. The largest absolute Gasteiger partial charge is 0.307 e. The fraction of sp³-hybridized carbons (Fsp3) is 0.647. The Morgan fingerprint density at radius 3 is 2.56 bits per heavy atom. The van der Waals surface area contributed by atoms with Crippen molar-refractivity contribution in [1.82, 2.24) is 5.32 Å². The van der Waals surface area contributed by atoms with Crippen LogP contribution in [0.1, 0.15) is 64.0 Å². The van der Waals surface area contributed by atoms with Gasteiger partial charge in [0.05, 0.1) is 0 Å². The molecule has 1 fully saturated rings. The summed E-state index contributed by atoms with van der Waals surface area (Å²) in [6.45, 7) is 4.61. The van der Waals surface area contributed by atoms with Gasteiger partial charge in [0.25, 0.3) is 0 Å². The van der Waals surface area contributed by atoms with Crippen LogP contribution in [0.4, 0.5) is 0 Å². The normalized spacial score (nSPS) is 25.2. The van der Waals surface area contributed by atoms with Crippen molar-refractivity contribution in [2.75, 3.05) is 0 Å². The van der Waals surface area contributed by atoms with Crippen molar-refractivity contribution >= 4 is 0 Å².